The van der Waals surface area contributed by atoms with E-state index in [4.69, 9.17) is 37.4 Å². The minimum absolute atomic E-state index is 0. The summed E-state index contributed by atoms with van der Waals surface area (Å²) in [5.74, 6) is 1.42. The standard InChI is InChI=1S/C16H18O3S2.2C12H17NO2S.C9H12O2.C8H10O.C2H6.CH4.H2S.U.V.W/c1-11-4-6-15(7-5-11)21(18,19)20-16-9-12(2)14(10-17)8-13(16)3;1-8-6-11(16-12(15)13(3)4)9(2)5-10(8)7-14;1-8-6-11(15-12(16)13(3)4)9(2)5-10(8)7-14;1-6-4-9(11)7(2)3-8(6)5-10;1-6-3-4-7(2)8(9)5-6;1-2;;;;;/h4-9,17H,10H2,1-3H3;2*5-6,14H,7H2,1-4H3;3-4,10-11H,5H2,1-2H3;3-5,9H,1-2H3;1-2H3;1H4;1H2;;;. The number of aryl methyl sites for hydroxylation is 11. The van der Waals surface area contributed by atoms with Gasteiger partial charge in [-0.3, -0.25) is 4.79 Å². The van der Waals surface area contributed by atoms with Crippen molar-refractivity contribution in [3.63, 3.8) is 0 Å². The number of thioether (sulfide) groups is 1. The molecular weight excluding hydrogens is 1540 g/mol. The van der Waals surface area contributed by atoms with Gasteiger partial charge in [0, 0.05) is 120 Å². The van der Waals surface area contributed by atoms with Gasteiger partial charge in [0.25, 0.3) is 10.4 Å². The number of phenolic OH excluding ortho intramolecular Hbond substituents is 2. The van der Waals surface area contributed by atoms with E-state index < -0.39 is 8.87 Å². The Hall–Kier alpha value is -2.76. The van der Waals surface area contributed by atoms with Crippen molar-refractivity contribution in [2.24, 2.45) is 0 Å². The number of rotatable bonds is 9. The van der Waals surface area contributed by atoms with Gasteiger partial charge in [0.1, 0.15) is 17.2 Å². The number of ether oxygens (including phenoxy) is 1. The zero-order valence-corrected chi connectivity index (χ0v) is 61.4. The van der Waals surface area contributed by atoms with Crippen LogP contribution in [0.15, 0.2) is 106 Å². The normalized spacial score (nSPS) is 9.66. The molecule has 1 radical (unpaired) electrons. The number of aromatic hydroxyl groups is 2. The van der Waals surface area contributed by atoms with Crippen molar-refractivity contribution in [2.45, 2.75) is 139 Å². The van der Waals surface area contributed by atoms with Crippen LogP contribution in [-0.2, 0) is 74.9 Å². The molecule has 0 aliphatic carbocycles. The second-order valence-corrected chi connectivity index (χ2v) is 23.1. The van der Waals surface area contributed by atoms with Gasteiger partial charge in [-0.15, -0.1) is 0 Å². The van der Waals surface area contributed by atoms with Crippen molar-refractivity contribution >= 4 is 67.6 Å². The van der Waals surface area contributed by atoms with E-state index in [0.717, 1.165) is 105 Å². The molecule has 0 spiro atoms. The van der Waals surface area contributed by atoms with Crippen molar-refractivity contribution in [1.82, 2.24) is 9.80 Å². The summed E-state index contributed by atoms with van der Waals surface area (Å²) < 4.78 is 30.5. The minimum atomic E-state index is -3.43. The summed E-state index contributed by atoms with van der Waals surface area (Å²) in [7, 11) is 4.57. The van der Waals surface area contributed by atoms with Crippen LogP contribution in [0.4, 0.5) is 4.79 Å². The summed E-state index contributed by atoms with van der Waals surface area (Å²) in [6, 6.07) is 27.3. The fourth-order valence-corrected chi connectivity index (χ4v) is 10.4. The van der Waals surface area contributed by atoms with Crippen LogP contribution < -0.4 is 4.74 Å². The number of aliphatic hydroxyl groups is 4. The predicted molar refractivity (Wildman–Crippen MR) is 331 cm³/mol. The minimum Gasteiger partial charge on any atom is -0.508 e. The first kappa shape index (κ1) is 86.0. The molecule has 6 N–H and O–H groups in total. The average molecular weight is 1630 g/mol. The van der Waals surface area contributed by atoms with Crippen LogP contribution in [0.2, 0.25) is 0 Å². The molecule has 0 unspecified atom stereocenters. The molecule has 20 heteroatoms. The van der Waals surface area contributed by atoms with Crippen molar-refractivity contribution in [2.75, 3.05) is 28.2 Å². The molecule has 0 aliphatic heterocycles. The maximum Gasteiger partial charge on any atom is 0.285 e. The molecule has 0 bridgehead atoms. The molecule has 0 atom stereocenters. The summed E-state index contributed by atoms with van der Waals surface area (Å²) in [6.07, 6.45) is 0. The Morgan fingerprint density at radius 2 is 0.900 bits per heavy atom. The number of hydrogen-bond acceptors (Lipinski definition) is 13. The van der Waals surface area contributed by atoms with Crippen LogP contribution in [0, 0.1) is 107 Å². The van der Waals surface area contributed by atoms with Gasteiger partial charge in [0.2, 0.25) is 8.87 Å². The second-order valence-electron chi connectivity index (χ2n) is 18.0. The smallest absolute Gasteiger partial charge is 0.285 e. The van der Waals surface area contributed by atoms with E-state index in [9.17, 15) is 23.4 Å². The summed E-state index contributed by atoms with van der Waals surface area (Å²) in [6.45, 7) is 25.0. The molecule has 441 valence electrons. The molecule has 80 heavy (non-hydrogen) atoms. The largest absolute Gasteiger partial charge is 0.508 e. The molecule has 6 aromatic carbocycles. The Bertz CT molecular complexity index is 2870. The quantitative estimate of drug-likeness (QED) is 0.0456. The van der Waals surface area contributed by atoms with Crippen molar-refractivity contribution < 1.29 is 119 Å². The van der Waals surface area contributed by atoms with Gasteiger partial charge >= 0.3 is 0 Å². The van der Waals surface area contributed by atoms with Gasteiger partial charge in [-0.1, -0.05) is 63.2 Å². The number of carbonyl (C=O) groups excluding carboxylic acids is 1. The van der Waals surface area contributed by atoms with Gasteiger partial charge in [-0.05, 0) is 233 Å². The van der Waals surface area contributed by atoms with Crippen molar-refractivity contribution in [3.8, 4) is 17.2 Å². The van der Waals surface area contributed by atoms with E-state index in [1.807, 2.05) is 153 Å². The van der Waals surface area contributed by atoms with Crippen LogP contribution >= 0.6 is 48.3 Å². The zero-order chi connectivity index (χ0) is 57.5. The Morgan fingerprint density at radius 1 is 0.525 bits per heavy atom. The topological polar surface area (TPSA) is 188 Å². The maximum atomic E-state index is 12.4. The average Bonchev–Trinajstić information content (AvgIpc) is 3.35. The monoisotopic (exact) mass is 1630 g/mol. The Morgan fingerprint density at radius 3 is 1.31 bits per heavy atom. The van der Waals surface area contributed by atoms with E-state index in [0.29, 0.717) is 26.5 Å². The van der Waals surface area contributed by atoms with E-state index in [2.05, 4.69) is 0 Å². The molecule has 0 saturated heterocycles. The second kappa shape index (κ2) is 43.0. The van der Waals surface area contributed by atoms with Crippen LogP contribution in [0.25, 0.3) is 0 Å². The van der Waals surface area contributed by atoms with E-state index in [1.165, 1.54) is 11.8 Å². The number of hydrogen-bond donors (Lipinski definition) is 6. The number of benzene rings is 6. The first-order valence-electron chi connectivity index (χ1n) is 24.2. The van der Waals surface area contributed by atoms with Gasteiger partial charge in [0.15, 0.2) is 0 Å². The number of carbonyl (C=O) groups is 1. The Balaban J connectivity index is -0.000000293. The number of phenols is 2. The van der Waals surface area contributed by atoms with Crippen LogP contribution in [0.1, 0.15) is 105 Å². The van der Waals surface area contributed by atoms with Gasteiger partial charge < -0.3 is 45.2 Å². The summed E-state index contributed by atoms with van der Waals surface area (Å²) >= 11 is 6.30. The van der Waals surface area contributed by atoms with Crippen LogP contribution in [0.3, 0.4) is 0 Å². The summed E-state index contributed by atoms with van der Waals surface area (Å²) in [4.78, 5) is 16.8. The third-order valence-corrected chi connectivity index (χ3v) is 16.3. The SMILES string of the molecule is C.CC.Cc1cc(CO)c(C)cc1O.Cc1cc(OC(=S)N(C)C)c(C)cc1CO.Cc1cc(SC(=O)N(C)C)c(C)cc1CO.Cc1ccc(C)c(O)c1.Cc1ccc(S(=O)(=O)Sc2cc(C)c(CO)cc2C)cc1.S.[U].[V].[W]. The van der Waals surface area contributed by atoms with Gasteiger partial charge in [0.05, 0.1) is 31.3 Å². The molecular formula is C60H86N2O10S5UVW. The molecule has 6 rings (SSSR count). The van der Waals surface area contributed by atoms with Gasteiger partial charge in [-0.25, -0.2) is 8.42 Å². The molecule has 0 heterocycles. The molecule has 0 aliphatic rings. The zero-order valence-electron chi connectivity index (χ0n) is 48.7. The summed E-state index contributed by atoms with van der Waals surface area (Å²) in [5, 5.41) is 55.1. The van der Waals surface area contributed by atoms with E-state index >= 15 is 0 Å². The Kier molecular flexibility index (Phi) is 46.2. The third-order valence-electron chi connectivity index (χ3n) is 11.2. The number of thiocarbonyl (C=S) groups is 1. The fraction of sp³-hybridized carbons (Fsp3) is 0.367. The third kappa shape index (κ3) is 29.2. The fourth-order valence-electron chi connectivity index (χ4n) is 6.36. The molecule has 0 fully saturated rings. The predicted octanol–water partition coefficient (Wildman–Crippen LogP) is 13.5. The van der Waals surface area contributed by atoms with Gasteiger partial charge in [-0.2, -0.15) is 13.5 Å². The van der Waals surface area contributed by atoms with Crippen molar-refractivity contribution in [1.29, 1.82) is 0 Å². The number of aliphatic hydroxyl groups excluding tert-OH is 4. The summed E-state index contributed by atoms with van der Waals surface area (Å²) in [5.41, 5.74) is 14.1. The molecule has 1 amide bonds. The van der Waals surface area contributed by atoms with E-state index in [-0.39, 0.29) is 123 Å². The molecule has 12 nitrogen and oxygen atoms in total. The van der Waals surface area contributed by atoms with Crippen molar-refractivity contribution in [3.05, 3.63) is 174 Å². The molecule has 0 saturated carbocycles. The number of nitrogens with zero attached hydrogens (tertiary/aromatic N) is 2. The first-order valence-corrected chi connectivity index (χ1v) is 28.2. The number of amides is 1. The van der Waals surface area contributed by atoms with Crippen LogP contribution in [-0.4, -0.2) is 87.5 Å². The van der Waals surface area contributed by atoms with Crippen LogP contribution in [0.5, 0.6) is 17.2 Å². The maximum absolute atomic E-state index is 12.4. The Labute approximate surface area is 549 Å². The molecule has 6 aromatic rings. The van der Waals surface area contributed by atoms with E-state index in [1.54, 1.807) is 66.4 Å². The first-order chi connectivity index (χ1) is 35.1. The molecule has 0 aromatic heterocycles.